The highest BCUT2D eigenvalue weighted by Gasteiger charge is 2.49. The zero-order valence-electron chi connectivity index (χ0n) is 16.1. The molecule has 1 aromatic rings. The summed E-state index contributed by atoms with van der Waals surface area (Å²) in [7, 11) is 0. The first kappa shape index (κ1) is 21.1. The van der Waals surface area contributed by atoms with Gasteiger partial charge in [-0.25, -0.2) is 0 Å². The van der Waals surface area contributed by atoms with Crippen LogP contribution in [-0.2, 0) is 4.79 Å². The van der Waals surface area contributed by atoms with Gasteiger partial charge in [-0.1, -0.05) is 18.2 Å². The molecule has 0 spiro atoms. The SMILES string of the molecule is O=C(O)CSCC[C@@H]1C[C@@H]2C[C@@H](O)[C@H](C(O)=CCCOc3ccccc3)[C@@H]2C1. The summed E-state index contributed by atoms with van der Waals surface area (Å²) in [5, 5.41) is 29.8. The lowest BCUT2D eigenvalue weighted by Crippen LogP contribution is -2.22. The summed E-state index contributed by atoms with van der Waals surface area (Å²) in [5.74, 6) is 2.58. The molecule has 0 saturated heterocycles. The lowest BCUT2D eigenvalue weighted by molar-refractivity contribution is -0.133. The number of rotatable bonds is 10. The van der Waals surface area contributed by atoms with Crippen molar-refractivity contribution in [3.8, 4) is 5.75 Å². The van der Waals surface area contributed by atoms with Gasteiger partial charge in [-0.3, -0.25) is 4.79 Å². The van der Waals surface area contributed by atoms with Crippen molar-refractivity contribution in [2.45, 2.75) is 38.2 Å². The Morgan fingerprint density at radius 2 is 1.96 bits per heavy atom. The van der Waals surface area contributed by atoms with Gasteiger partial charge in [0, 0.05) is 12.3 Å². The number of hydrogen-bond acceptors (Lipinski definition) is 5. The first-order valence-corrected chi connectivity index (χ1v) is 11.2. The Morgan fingerprint density at radius 1 is 1.18 bits per heavy atom. The van der Waals surface area contributed by atoms with Crippen LogP contribution in [0.3, 0.4) is 0 Å². The van der Waals surface area contributed by atoms with Crippen LogP contribution in [0.1, 0.15) is 32.1 Å². The summed E-state index contributed by atoms with van der Waals surface area (Å²) in [4.78, 5) is 10.6. The molecule has 3 N–H and O–H groups in total. The third kappa shape index (κ3) is 5.67. The van der Waals surface area contributed by atoms with Crippen LogP contribution in [0.4, 0.5) is 0 Å². The number of ether oxygens (including phenoxy) is 1. The molecule has 5 atom stereocenters. The minimum absolute atomic E-state index is 0.162. The van der Waals surface area contributed by atoms with E-state index in [1.807, 2.05) is 30.3 Å². The number of carboxylic acid groups (broad SMARTS) is 1. The molecule has 2 fully saturated rings. The lowest BCUT2D eigenvalue weighted by atomic mass is 9.88. The molecule has 0 aliphatic heterocycles. The average Bonchev–Trinajstić information content (AvgIpc) is 3.18. The quantitative estimate of drug-likeness (QED) is 0.400. The molecule has 5 nitrogen and oxygen atoms in total. The second-order valence-corrected chi connectivity index (χ2v) is 9.01. The van der Waals surface area contributed by atoms with Crippen LogP contribution in [0, 0.1) is 23.7 Å². The van der Waals surface area contributed by atoms with Gasteiger partial charge < -0.3 is 20.1 Å². The normalized spacial score (nSPS) is 29.6. The number of carbonyl (C=O) groups is 1. The van der Waals surface area contributed by atoms with Gasteiger partial charge in [-0.2, -0.15) is 11.8 Å². The van der Waals surface area contributed by atoms with E-state index < -0.39 is 12.1 Å². The van der Waals surface area contributed by atoms with Gasteiger partial charge in [-0.15, -0.1) is 0 Å². The van der Waals surface area contributed by atoms with Gasteiger partial charge in [0.15, 0.2) is 0 Å². The van der Waals surface area contributed by atoms with E-state index in [4.69, 9.17) is 9.84 Å². The van der Waals surface area contributed by atoms with Gasteiger partial charge in [0.25, 0.3) is 0 Å². The van der Waals surface area contributed by atoms with Crippen molar-refractivity contribution >= 4 is 17.7 Å². The Kier molecular flexibility index (Phi) is 7.68. The fourth-order valence-corrected chi connectivity index (χ4v) is 5.65. The number of aliphatic carboxylic acids is 1. The zero-order chi connectivity index (χ0) is 19.9. The van der Waals surface area contributed by atoms with E-state index >= 15 is 0 Å². The molecular weight excluding hydrogens is 376 g/mol. The smallest absolute Gasteiger partial charge is 0.313 e. The summed E-state index contributed by atoms with van der Waals surface area (Å²) >= 11 is 1.47. The molecular formula is C22H30O5S. The van der Waals surface area contributed by atoms with Gasteiger partial charge in [0.1, 0.15) is 5.75 Å². The van der Waals surface area contributed by atoms with E-state index in [0.29, 0.717) is 36.5 Å². The summed E-state index contributed by atoms with van der Waals surface area (Å²) in [6, 6.07) is 9.60. The molecule has 0 bridgehead atoms. The van der Waals surface area contributed by atoms with Crippen molar-refractivity contribution in [3.63, 3.8) is 0 Å². The number of carboxylic acids is 1. The van der Waals surface area contributed by atoms with Crippen LogP contribution in [0.5, 0.6) is 5.75 Å². The molecule has 154 valence electrons. The summed E-state index contributed by atoms with van der Waals surface area (Å²) < 4.78 is 5.66. The predicted molar refractivity (Wildman–Crippen MR) is 111 cm³/mol. The van der Waals surface area contributed by atoms with Crippen LogP contribution in [0.15, 0.2) is 42.2 Å². The Hall–Kier alpha value is -1.66. The number of fused-ring (bicyclic) bond motifs is 1. The summed E-state index contributed by atoms with van der Waals surface area (Å²) in [6.45, 7) is 0.494. The monoisotopic (exact) mass is 406 g/mol. The molecule has 0 radical (unpaired) electrons. The fourth-order valence-electron chi connectivity index (χ4n) is 4.83. The highest BCUT2D eigenvalue weighted by atomic mass is 32.2. The molecule has 0 aromatic heterocycles. The van der Waals surface area contributed by atoms with E-state index in [1.54, 1.807) is 6.08 Å². The van der Waals surface area contributed by atoms with Crippen molar-refractivity contribution in [2.24, 2.45) is 23.7 Å². The Labute approximate surface area is 170 Å². The molecule has 0 unspecified atom stereocenters. The van der Waals surface area contributed by atoms with Crippen molar-refractivity contribution in [3.05, 3.63) is 42.2 Å². The molecule has 0 amide bonds. The second-order valence-electron chi connectivity index (χ2n) is 7.90. The van der Waals surface area contributed by atoms with E-state index in [1.165, 1.54) is 11.8 Å². The molecule has 6 heteroatoms. The maximum atomic E-state index is 10.6. The van der Waals surface area contributed by atoms with E-state index in [9.17, 15) is 15.0 Å². The van der Waals surface area contributed by atoms with Crippen molar-refractivity contribution < 1.29 is 24.9 Å². The van der Waals surface area contributed by atoms with Crippen molar-refractivity contribution in [1.82, 2.24) is 0 Å². The van der Waals surface area contributed by atoms with E-state index in [0.717, 1.165) is 37.2 Å². The number of aliphatic hydroxyl groups excluding tert-OH is 2. The molecule has 2 aliphatic rings. The van der Waals surface area contributed by atoms with Crippen molar-refractivity contribution in [1.29, 1.82) is 0 Å². The lowest BCUT2D eigenvalue weighted by Gasteiger charge is -2.21. The Morgan fingerprint density at radius 3 is 2.71 bits per heavy atom. The van der Waals surface area contributed by atoms with Gasteiger partial charge in [0.05, 0.1) is 24.2 Å². The highest BCUT2D eigenvalue weighted by molar-refractivity contribution is 7.99. The molecule has 28 heavy (non-hydrogen) atoms. The number of hydrogen-bond donors (Lipinski definition) is 3. The molecule has 2 aliphatic carbocycles. The van der Waals surface area contributed by atoms with Gasteiger partial charge in [-0.05, 0) is 67.4 Å². The largest absolute Gasteiger partial charge is 0.512 e. The average molecular weight is 407 g/mol. The fraction of sp³-hybridized carbons (Fsp3) is 0.591. The number of thioether (sulfide) groups is 1. The highest BCUT2D eigenvalue weighted by Crippen LogP contribution is 2.52. The van der Waals surface area contributed by atoms with E-state index in [-0.39, 0.29) is 11.7 Å². The maximum Gasteiger partial charge on any atom is 0.313 e. The third-order valence-corrected chi connectivity index (χ3v) is 6.96. The first-order chi connectivity index (χ1) is 13.5. The topological polar surface area (TPSA) is 87.0 Å². The number of para-hydroxylation sites is 1. The molecule has 0 heterocycles. The van der Waals surface area contributed by atoms with Crippen LogP contribution < -0.4 is 4.74 Å². The minimum Gasteiger partial charge on any atom is -0.512 e. The Bertz CT molecular complexity index is 662. The van der Waals surface area contributed by atoms with Gasteiger partial charge in [0.2, 0.25) is 0 Å². The number of benzene rings is 1. The van der Waals surface area contributed by atoms with Crippen LogP contribution in [-0.4, -0.2) is 45.5 Å². The molecule has 2 saturated carbocycles. The predicted octanol–water partition coefficient (Wildman–Crippen LogP) is 4.13. The maximum absolute atomic E-state index is 10.6. The third-order valence-electron chi connectivity index (χ3n) is 5.99. The van der Waals surface area contributed by atoms with Crippen LogP contribution in [0.25, 0.3) is 0 Å². The molecule has 1 aromatic carbocycles. The summed E-state index contributed by atoms with van der Waals surface area (Å²) in [5.41, 5.74) is 0. The number of aliphatic hydroxyl groups is 2. The standard InChI is InChI=1S/C22H30O5S/c23-19(7-4-9-27-17-5-2-1-3-6-17)22-18-12-15(8-10-28-14-21(25)26)11-16(18)13-20(22)24/h1-3,5-7,15-16,18,20,22-24H,4,8-14H2,(H,25,26)/t15-,16-,18-,20-,22+/m1/s1. The second kappa shape index (κ2) is 10.2. The first-order valence-electron chi connectivity index (χ1n) is 10.1. The van der Waals surface area contributed by atoms with E-state index in [2.05, 4.69) is 0 Å². The minimum atomic E-state index is -0.761. The zero-order valence-corrected chi connectivity index (χ0v) is 16.9. The Balaban J connectivity index is 1.45. The van der Waals surface area contributed by atoms with Crippen LogP contribution in [0.2, 0.25) is 0 Å². The molecule has 3 rings (SSSR count). The van der Waals surface area contributed by atoms with Gasteiger partial charge >= 0.3 is 5.97 Å². The van der Waals surface area contributed by atoms with Crippen LogP contribution >= 0.6 is 11.8 Å². The summed E-state index contributed by atoms with van der Waals surface area (Å²) in [6.07, 6.45) is 5.81. The van der Waals surface area contributed by atoms with Crippen molar-refractivity contribution in [2.75, 3.05) is 18.1 Å².